The van der Waals surface area contributed by atoms with E-state index in [9.17, 15) is 26.4 Å². The fourth-order valence-corrected chi connectivity index (χ4v) is 8.99. The van der Waals surface area contributed by atoms with E-state index < -0.39 is 28.2 Å². The fraction of sp³-hybridized carbons (Fsp3) is 0.529. The molecule has 3 fully saturated rings. The van der Waals surface area contributed by atoms with Gasteiger partial charge in [0.1, 0.15) is 21.8 Å². The van der Waals surface area contributed by atoms with E-state index in [1.54, 1.807) is 29.2 Å². The molecule has 52 heavy (non-hydrogen) atoms. The van der Waals surface area contributed by atoms with Crippen molar-refractivity contribution in [3.63, 3.8) is 0 Å². The standard InChI is InChI=1S/C32H41ClN6O4S2.C2HF3O2/c33-25-8-6-24(7-9-25)31-36-35-30(44-31)21-37-18-19-39(29(20-37)32(40)38-16-14-26(34)15-17-38)45(41,42)28-12-10-27(11-13-28)43-22-23-4-2-1-3-5-23;3-2(4,5)1(6)7/h6-13,23,26,29H,1-5,14-22,34H2;(H,6,7). The second-order valence-electron chi connectivity index (χ2n) is 13.1. The number of carbonyl (C=O) groups excluding carboxylic acids is 1. The van der Waals surface area contributed by atoms with Gasteiger partial charge in [-0.05, 0) is 68.0 Å². The monoisotopic (exact) mass is 786 g/mol. The molecule has 0 bridgehead atoms. The highest BCUT2D eigenvalue weighted by molar-refractivity contribution is 7.89. The Balaban J connectivity index is 0.000000679. The van der Waals surface area contributed by atoms with E-state index in [-0.39, 0.29) is 29.9 Å². The van der Waals surface area contributed by atoms with Gasteiger partial charge in [0.05, 0.1) is 18.0 Å². The van der Waals surface area contributed by atoms with Crippen molar-refractivity contribution in [3.05, 3.63) is 58.6 Å². The molecule has 2 aliphatic heterocycles. The minimum atomic E-state index is -5.08. The number of rotatable bonds is 9. The Morgan fingerprint density at radius 2 is 1.58 bits per heavy atom. The SMILES string of the molecule is NC1CCN(C(=O)C2CN(Cc3nnc(-c4ccc(Cl)cc4)s3)CCN2S(=O)(=O)c2ccc(OCC3CCCCC3)cc2)CC1.O=C(O)C(F)(F)F. The molecule has 1 unspecified atom stereocenters. The van der Waals surface area contributed by atoms with Crippen LogP contribution in [0.2, 0.25) is 5.02 Å². The Morgan fingerprint density at radius 3 is 2.19 bits per heavy atom. The van der Waals surface area contributed by atoms with Crippen molar-refractivity contribution >= 4 is 44.8 Å². The van der Waals surface area contributed by atoms with Crippen LogP contribution >= 0.6 is 22.9 Å². The van der Waals surface area contributed by atoms with Gasteiger partial charge in [-0.15, -0.1) is 10.2 Å². The molecule has 6 rings (SSSR count). The van der Waals surface area contributed by atoms with Gasteiger partial charge in [0.15, 0.2) is 0 Å². The molecule has 3 N–H and O–H groups in total. The van der Waals surface area contributed by atoms with E-state index in [0.29, 0.717) is 62.3 Å². The van der Waals surface area contributed by atoms with Gasteiger partial charge in [-0.25, -0.2) is 13.2 Å². The summed E-state index contributed by atoms with van der Waals surface area (Å²) in [6, 6.07) is 13.3. The molecule has 1 aromatic heterocycles. The molecule has 3 aliphatic rings. The van der Waals surface area contributed by atoms with Gasteiger partial charge >= 0.3 is 12.1 Å². The zero-order valence-corrected chi connectivity index (χ0v) is 30.8. The fourth-order valence-electron chi connectivity index (χ4n) is 6.41. The first kappa shape index (κ1) is 39.8. The average molecular weight is 787 g/mol. The van der Waals surface area contributed by atoms with Gasteiger partial charge in [-0.2, -0.15) is 17.5 Å². The number of carboxylic acids is 1. The molecule has 284 valence electrons. The summed E-state index contributed by atoms with van der Waals surface area (Å²) in [6.45, 7) is 3.09. The van der Waals surface area contributed by atoms with E-state index in [2.05, 4.69) is 15.1 Å². The van der Waals surface area contributed by atoms with Gasteiger partial charge in [0, 0.05) is 49.4 Å². The summed E-state index contributed by atoms with van der Waals surface area (Å²) in [5.74, 6) is -1.72. The number of amides is 1. The number of carbonyl (C=O) groups is 2. The Kier molecular flexibility index (Phi) is 13.5. The Bertz CT molecular complexity index is 1750. The van der Waals surface area contributed by atoms with Crippen LogP contribution in [0.15, 0.2) is 53.4 Å². The summed E-state index contributed by atoms with van der Waals surface area (Å²) in [4.78, 5) is 26.9. The number of sulfonamides is 1. The highest BCUT2D eigenvalue weighted by atomic mass is 35.5. The van der Waals surface area contributed by atoms with Crippen molar-refractivity contribution in [1.29, 1.82) is 0 Å². The van der Waals surface area contributed by atoms with Crippen LogP contribution in [0.3, 0.4) is 0 Å². The number of likely N-dealkylation sites (tertiary alicyclic amines) is 1. The number of benzene rings is 2. The molecule has 12 nitrogen and oxygen atoms in total. The minimum absolute atomic E-state index is 0.0582. The summed E-state index contributed by atoms with van der Waals surface area (Å²) in [5.41, 5.74) is 7.03. The number of aliphatic carboxylic acids is 1. The lowest BCUT2D eigenvalue weighted by Gasteiger charge is -2.42. The molecule has 1 amide bonds. The summed E-state index contributed by atoms with van der Waals surface area (Å²) in [5, 5.41) is 18.1. The molecule has 3 aromatic rings. The maximum absolute atomic E-state index is 14.0. The molecule has 1 atom stereocenters. The number of carboxylic acid groups (broad SMARTS) is 1. The summed E-state index contributed by atoms with van der Waals surface area (Å²) in [6.07, 6.45) is 2.46. The first-order chi connectivity index (χ1) is 24.7. The lowest BCUT2D eigenvalue weighted by atomic mass is 9.90. The average Bonchev–Trinajstić information content (AvgIpc) is 3.60. The molecule has 3 heterocycles. The van der Waals surface area contributed by atoms with Gasteiger partial charge < -0.3 is 20.5 Å². The van der Waals surface area contributed by atoms with Crippen LogP contribution in [-0.2, 0) is 26.2 Å². The Morgan fingerprint density at radius 1 is 0.942 bits per heavy atom. The van der Waals surface area contributed by atoms with E-state index in [1.165, 1.54) is 47.7 Å². The van der Waals surface area contributed by atoms with Gasteiger partial charge in [0.2, 0.25) is 15.9 Å². The third kappa shape index (κ3) is 10.6. The molecular weight excluding hydrogens is 745 g/mol. The number of hydrogen-bond donors (Lipinski definition) is 2. The molecule has 1 saturated carbocycles. The van der Waals surface area contributed by atoms with Crippen LogP contribution in [0.25, 0.3) is 10.6 Å². The molecule has 1 aliphatic carbocycles. The van der Waals surface area contributed by atoms with E-state index in [4.69, 9.17) is 32.0 Å². The Hall–Kier alpha value is -3.35. The number of aromatic nitrogens is 2. The summed E-state index contributed by atoms with van der Waals surface area (Å²) in [7, 11) is -3.95. The lowest BCUT2D eigenvalue weighted by Crippen LogP contribution is -2.61. The quantitative estimate of drug-likeness (QED) is 0.293. The van der Waals surface area contributed by atoms with Gasteiger partial charge in [0.25, 0.3) is 0 Å². The second-order valence-corrected chi connectivity index (χ2v) is 16.5. The number of halogens is 4. The molecule has 2 saturated heterocycles. The molecule has 2 aromatic carbocycles. The minimum Gasteiger partial charge on any atom is -0.493 e. The van der Waals surface area contributed by atoms with Crippen LogP contribution < -0.4 is 10.5 Å². The predicted octanol–water partition coefficient (Wildman–Crippen LogP) is 5.28. The number of ether oxygens (including phenoxy) is 1. The third-order valence-corrected chi connectivity index (χ3v) is 12.5. The zero-order chi connectivity index (χ0) is 37.5. The first-order valence-corrected chi connectivity index (χ1v) is 19.7. The van der Waals surface area contributed by atoms with Gasteiger partial charge in [-0.1, -0.05) is 54.3 Å². The Labute approximate surface area is 309 Å². The van der Waals surface area contributed by atoms with E-state index >= 15 is 0 Å². The highest BCUT2D eigenvalue weighted by Gasteiger charge is 2.42. The lowest BCUT2D eigenvalue weighted by molar-refractivity contribution is -0.192. The van der Waals surface area contributed by atoms with Crippen LogP contribution in [-0.4, -0.2) is 107 Å². The number of hydrogen-bond acceptors (Lipinski definition) is 10. The summed E-state index contributed by atoms with van der Waals surface area (Å²) < 4.78 is 67.2. The first-order valence-electron chi connectivity index (χ1n) is 17.1. The highest BCUT2D eigenvalue weighted by Crippen LogP contribution is 2.30. The maximum Gasteiger partial charge on any atom is 0.490 e. The number of piperazine rings is 1. The van der Waals surface area contributed by atoms with Gasteiger partial charge in [-0.3, -0.25) is 9.69 Å². The van der Waals surface area contributed by atoms with Crippen molar-refractivity contribution < 1.29 is 41.0 Å². The normalized spacial score (nSPS) is 19.9. The van der Waals surface area contributed by atoms with Crippen molar-refractivity contribution in [2.75, 3.05) is 39.3 Å². The number of alkyl halides is 3. The topological polar surface area (TPSA) is 159 Å². The maximum atomic E-state index is 14.0. The van der Waals surface area contributed by atoms with Crippen molar-refractivity contribution in [3.8, 4) is 16.3 Å². The van der Waals surface area contributed by atoms with E-state index in [1.807, 2.05) is 24.3 Å². The van der Waals surface area contributed by atoms with E-state index in [0.717, 1.165) is 15.6 Å². The van der Waals surface area contributed by atoms with Crippen molar-refractivity contribution in [1.82, 2.24) is 24.3 Å². The van der Waals surface area contributed by atoms with Crippen LogP contribution in [0.4, 0.5) is 13.2 Å². The summed E-state index contributed by atoms with van der Waals surface area (Å²) >= 11 is 7.52. The molecular formula is C34H42ClF3N6O6S2. The number of nitrogens with two attached hydrogens (primary N) is 1. The second kappa shape index (κ2) is 17.6. The van der Waals surface area contributed by atoms with Crippen molar-refractivity contribution in [2.24, 2.45) is 11.7 Å². The molecule has 0 spiro atoms. The van der Waals surface area contributed by atoms with Crippen LogP contribution in [0.5, 0.6) is 5.75 Å². The third-order valence-electron chi connectivity index (χ3n) is 9.35. The van der Waals surface area contributed by atoms with Crippen LogP contribution in [0, 0.1) is 5.92 Å². The van der Waals surface area contributed by atoms with Crippen LogP contribution in [0.1, 0.15) is 50.0 Å². The predicted molar refractivity (Wildman–Crippen MR) is 189 cm³/mol. The van der Waals surface area contributed by atoms with Crippen molar-refractivity contribution in [2.45, 2.75) is 74.6 Å². The largest absolute Gasteiger partial charge is 0.493 e. The molecule has 18 heteroatoms. The zero-order valence-electron chi connectivity index (χ0n) is 28.4. The number of nitrogens with zero attached hydrogens (tertiary/aromatic N) is 5. The molecule has 0 radical (unpaired) electrons. The number of piperidine rings is 1. The smallest absolute Gasteiger partial charge is 0.490 e.